The molecule has 3 fully saturated rings. The van der Waals surface area contributed by atoms with E-state index in [0.717, 1.165) is 17.7 Å². The summed E-state index contributed by atoms with van der Waals surface area (Å²) in [5.74, 6) is -2.11. The molecule has 22 heavy (non-hydrogen) atoms. The Labute approximate surface area is 126 Å². The molecule has 0 aliphatic carbocycles. The third-order valence-corrected chi connectivity index (χ3v) is 4.82. The number of aryl methyl sites for hydroxylation is 1. The van der Waals surface area contributed by atoms with Crippen molar-refractivity contribution < 1.29 is 23.9 Å². The van der Waals surface area contributed by atoms with Crippen LogP contribution in [0.25, 0.3) is 0 Å². The van der Waals surface area contributed by atoms with E-state index in [1.165, 1.54) is 18.0 Å². The molecule has 2 bridgehead atoms. The first-order chi connectivity index (χ1) is 10.5. The molecule has 1 aromatic rings. The average molecular weight is 305 g/mol. The van der Waals surface area contributed by atoms with Gasteiger partial charge in [0.15, 0.2) is 5.69 Å². The highest BCUT2D eigenvalue weighted by Crippen LogP contribution is 2.49. The average Bonchev–Trinajstić information content (AvgIpc) is 3.23. The van der Waals surface area contributed by atoms with E-state index in [-0.39, 0.29) is 35.4 Å². The lowest BCUT2D eigenvalue weighted by Crippen LogP contribution is -2.35. The van der Waals surface area contributed by atoms with Crippen LogP contribution in [0.2, 0.25) is 0 Å². The quantitative estimate of drug-likeness (QED) is 0.558. The van der Waals surface area contributed by atoms with Crippen LogP contribution in [0.5, 0.6) is 0 Å². The van der Waals surface area contributed by atoms with Crippen LogP contribution in [0.4, 0.5) is 5.69 Å². The van der Waals surface area contributed by atoms with Crippen molar-refractivity contribution in [1.82, 2.24) is 9.78 Å². The number of aromatic nitrogens is 2. The number of nitrogens with zero attached hydrogens (tertiary/aromatic N) is 3. The van der Waals surface area contributed by atoms with Crippen molar-refractivity contribution >= 4 is 23.5 Å². The fraction of sp³-hybridized carbons (Fsp3) is 0.571. The van der Waals surface area contributed by atoms with Gasteiger partial charge >= 0.3 is 5.97 Å². The summed E-state index contributed by atoms with van der Waals surface area (Å²) < 4.78 is 11.7. The Balaban J connectivity index is 1.77. The van der Waals surface area contributed by atoms with Crippen LogP contribution in [0.15, 0.2) is 6.20 Å². The molecule has 2 amide bonds. The second-order valence-electron chi connectivity index (χ2n) is 5.85. The first kappa shape index (κ1) is 13.4. The molecular formula is C14H15N3O5. The molecule has 0 radical (unpaired) electrons. The highest BCUT2D eigenvalue weighted by Gasteiger charge is 2.63. The minimum atomic E-state index is -0.633. The number of hydrogen-bond donors (Lipinski definition) is 0. The largest absolute Gasteiger partial charge is 0.464 e. The van der Waals surface area contributed by atoms with E-state index < -0.39 is 17.8 Å². The zero-order valence-electron chi connectivity index (χ0n) is 12.2. The first-order valence-electron chi connectivity index (χ1n) is 7.18. The molecule has 8 nitrogen and oxygen atoms in total. The Hall–Kier alpha value is -2.22. The number of imide groups is 1. The van der Waals surface area contributed by atoms with Crippen LogP contribution in [-0.4, -0.2) is 46.9 Å². The van der Waals surface area contributed by atoms with Gasteiger partial charge in [0.1, 0.15) is 5.69 Å². The highest BCUT2D eigenvalue weighted by molar-refractivity contribution is 6.24. The van der Waals surface area contributed by atoms with Gasteiger partial charge in [-0.25, -0.2) is 9.69 Å². The Bertz CT molecular complexity index is 669. The van der Waals surface area contributed by atoms with E-state index >= 15 is 0 Å². The molecule has 0 spiro atoms. The number of amides is 2. The van der Waals surface area contributed by atoms with Crippen molar-refractivity contribution in [1.29, 1.82) is 0 Å². The zero-order chi connectivity index (χ0) is 15.6. The fourth-order valence-electron chi connectivity index (χ4n) is 3.87. The molecule has 0 N–H and O–H groups in total. The van der Waals surface area contributed by atoms with Crippen LogP contribution in [0.3, 0.4) is 0 Å². The van der Waals surface area contributed by atoms with Crippen molar-refractivity contribution in [2.75, 3.05) is 12.0 Å². The molecule has 8 heteroatoms. The molecule has 0 saturated carbocycles. The number of methoxy groups -OCH3 is 1. The maximum atomic E-state index is 12.7. The number of esters is 1. The van der Waals surface area contributed by atoms with Gasteiger partial charge in [-0.3, -0.25) is 14.3 Å². The third kappa shape index (κ3) is 1.50. The summed E-state index contributed by atoms with van der Waals surface area (Å²) in [6, 6.07) is 0. The molecule has 0 aromatic carbocycles. The molecule has 1 aromatic heterocycles. The Kier molecular flexibility index (Phi) is 2.68. The maximum Gasteiger partial charge on any atom is 0.358 e. The van der Waals surface area contributed by atoms with Gasteiger partial charge in [0.25, 0.3) is 0 Å². The van der Waals surface area contributed by atoms with E-state index in [1.54, 1.807) is 7.05 Å². The van der Waals surface area contributed by atoms with Gasteiger partial charge in [0.2, 0.25) is 11.8 Å². The van der Waals surface area contributed by atoms with Crippen molar-refractivity contribution in [2.45, 2.75) is 25.0 Å². The van der Waals surface area contributed by atoms with Gasteiger partial charge in [-0.2, -0.15) is 5.10 Å². The fourth-order valence-corrected chi connectivity index (χ4v) is 3.87. The Morgan fingerprint density at radius 2 is 1.86 bits per heavy atom. The van der Waals surface area contributed by atoms with E-state index in [0.29, 0.717) is 0 Å². The van der Waals surface area contributed by atoms with E-state index in [4.69, 9.17) is 9.47 Å². The minimum Gasteiger partial charge on any atom is -0.464 e. The monoisotopic (exact) mass is 305 g/mol. The summed E-state index contributed by atoms with van der Waals surface area (Å²) in [5.41, 5.74) is 0.288. The molecular weight excluding hydrogens is 290 g/mol. The Morgan fingerprint density at radius 3 is 2.41 bits per heavy atom. The number of fused-ring (bicyclic) bond motifs is 5. The lowest BCUT2D eigenvalue weighted by molar-refractivity contribution is -0.124. The van der Waals surface area contributed by atoms with E-state index in [1.807, 2.05) is 0 Å². The number of rotatable bonds is 2. The molecule has 3 aliphatic heterocycles. The normalized spacial score (nSPS) is 32.7. The topological polar surface area (TPSA) is 90.7 Å². The summed E-state index contributed by atoms with van der Waals surface area (Å²) in [4.78, 5) is 38.4. The molecule has 0 unspecified atom stereocenters. The second kappa shape index (κ2) is 4.39. The van der Waals surface area contributed by atoms with Gasteiger partial charge in [0, 0.05) is 7.05 Å². The van der Waals surface area contributed by atoms with Gasteiger partial charge < -0.3 is 9.47 Å². The van der Waals surface area contributed by atoms with Crippen LogP contribution in [0, 0.1) is 11.8 Å². The lowest BCUT2D eigenvalue weighted by Gasteiger charge is -2.17. The summed E-state index contributed by atoms with van der Waals surface area (Å²) in [6.07, 6.45) is 2.58. The predicted molar refractivity (Wildman–Crippen MR) is 71.9 cm³/mol. The number of anilines is 1. The second-order valence-corrected chi connectivity index (χ2v) is 5.85. The molecule has 4 rings (SSSR count). The van der Waals surface area contributed by atoms with Crippen LogP contribution < -0.4 is 4.90 Å². The predicted octanol–water partition coefficient (Wildman–Crippen LogP) is -0.127. The minimum absolute atomic E-state index is 0.0949. The molecule has 3 saturated heterocycles. The van der Waals surface area contributed by atoms with Gasteiger partial charge in [0.05, 0.1) is 37.4 Å². The van der Waals surface area contributed by atoms with Crippen molar-refractivity contribution in [3.63, 3.8) is 0 Å². The Morgan fingerprint density at radius 1 is 1.27 bits per heavy atom. The number of carbonyl (C=O) groups excluding carboxylic acids is 3. The van der Waals surface area contributed by atoms with Gasteiger partial charge in [-0.05, 0) is 12.8 Å². The molecule has 4 atom stereocenters. The van der Waals surface area contributed by atoms with E-state index in [9.17, 15) is 14.4 Å². The highest BCUT2D eigenvalue weighted by atomic mass is 16.5. The summed E-state index contributed by atoms with van der Waals surface area (Å²) in [6.45, 7) is 0. The maximum absolute atomic E-state index is 12.7. The van der Waals surface area contributed by atoms with Crippen LogP contribution in [-0.2, 0) is 26.1 Å². The first-order valence-corrected chi connectivity index (χ1v) is 7.18. The van der Waals surface area contributed by atoms with Crippen LogP contribution in [0.1, 0.15) is 23.3 Å². The van der Waals surface area contributed by atoms with Gasteiger partial charge in [-0.15, -0.1) is 0 Å². The summed E-state index contributed by atoms with van der Waals surface area (Å²) >= 11 is 0. The SMILES string of the molecule is COC(=O)c1c(N2C(=O)[C@@H]3[C@H](C2=O)[C@@H]2CC[C@@H]3O2)cnn1C. The number of carbonyl (C=O) groups is 3. The van der Waals surface area contributed by atoms with Gasteiger partial charge in [-0.1, -0.05) is 0 Å². The zero-order valence-corrected chi connectivity index (χ0v) is 12.2. The molecule has 4 heterocycles. The van der Waals surface area contributed by atoms with Crippen molar-refractivity contribution in [3.8, 4) is 0 Å². The standard InChI is InChI=1S/C14H15N3O5/c1-16-11(14(20)21-2)6(5-15-16)17-12(18)9-7-3-4-8(22-7)10(9)13(17)19/h5,7-10H,3-4H2,1-2H3/t7-,8-,9-,10+/m0/s1. The number of hydrogen-bond acceptors (Lipinski definition) is 6. The summed E-state index contributed by atoms with van der Waals surface area (Å²) in [5, 5.41) is 3.99. The third-order valence-electron chi connectivity index (χ3n) is 4.82. The molecule has 116 valence electrons. The van der Waals surface area contributed by atoms with Crippen molar-refractivity contribution in [3.05, 3.63) is 11.9 Å². The van der Waals surface area contributed by atoms with Crippen LogP contribution >= 0.6 is 0 Å². The summed E-state index contributed by atoms with van der Waals surface area (Å²) in [7, 11) is 2.81. The van der Waals surface area contributed by atoms with E-state index in [2.05, 4.69) is 5.10 Å². The number of ether oxygens (including phenoxy) is 2. The smallest absolute Gasteiger partial charge is 0.358 e. The lowest BCUT2D eigenvalue weighted by atomic mass is 9.81. The van der Waals surface area contributed by atoms with Crippen molar-refractivity contribution in [2.24, 2.45) is 18.9 Å². The molecule has 3 aliphatic rings.